The van der Waals surface area contributed by atoms with Crippen LogP contribution in [0.25, 0.3) is 0 Å². The molecule has 0 saturated carbocycles. The minimum Gasteiger partial charge on any atom is -0.312 e. The standard InChI is InChI=1S/C16H27NO2S2/c1-16(2,3)17-11-13(6-7-15-5-4-9-20-15)14-8-10-21(18,19)12-14/h4-5,9,13-14,17H,6-8,10-12H2,1-3H3. The minimum atomic E-state index is -2.79. The summed E-state index contributed by atoms with van der Waals surface area (Å²) in [6.45, 7) is 7.40. The molecule has 0 radical (unpaired) electrons. The second-order valence-corrected chi connectivity index (χ2v) is 10.4. The van der Waals surface area contributed by atoms with Crippen LogP contribution >= 0.6 is 11.3 Å². The monoisotopic (exact) mass is 329 g/mol. The normalized spacial score (nSPS) is 23.3. The van der Waals surface area contributed by atoms with Crippen LogP contribution < -0.4 is 5.32 Å². The van der Waals surface area contributed by atoms with Crippen LogP contribution in [0.2, 0.25) is 0 Å². The van der Waals surface area contributed by atoms with Crippen molar-refractivity contribution in [2.75, 3.05) is 18.1 Å². The third-order valence-electron chi connectivity index (χ3n) is 4.17. The largest absolute Gasteiger partial charge is 0.312 e. The van der Waals surface area contributed by atoms with Gasteiger partial charge in [-0.25, -0.2) is 8.42 Å². The zero-order valence-electron chi connectivity index (χ0n) is 13.3. The lowest BCUT2D eigenvalue weighted by Gasteiger charge is -2.28. The van der Waals surface area contributed by atoms with E-state index in [1.807, 2.05) is 0 Å². The zero-order chi connectivity index (χ0) is 15.5. The molecule has 0 spiro atoms. The van der Waals surface area contributed by atoms with Gasteiger partial charge in [-0.1, -0.05) is 6.07 Å². The molecule has 1 aromatic heterocycles. The van der Waals surface area contributed by atoms with Crippen LogP contribution in [0.15, 0.2) is 17.5 Å². The number of hydrogen-bond acceptors (Lipinski definition) is 4. The minimum absolute atomic E-state index is 0.0820. The lowest BCUT2D eigenvalue weighted by atomic mass is 9.87. The smallest absolute Gasteiger partial charge is 0.150 e. The van der Waals surface area contributed by atoms with Gasteiger partial charge in [-0.05, 0) is 69.9 Å². The van der Waals surface area contributed by atoms with E-state index in [2.05, 4.69) is 43.6 Å². The summed E-state index contributed by atoms with van der Waals surface area (Å²) in [5.74, 6) is 1.53. The predicted octanol–water partition coefficient (Wildman–Crippen LogP) is 3.12. The van der Waals surface area contributed by atoms with E-state index in [4.69, 9.17) is 0 Å². The molecular formula is C16H27NO2S2. The van der Waals surface area contributed by atoms with Crippen LogP contribution in [-0.2, 0) is 16.3 Å². The van der Waals surface area contributed by atoms with Crippen molar-refractivity contribution >= 4 is 21.2 Å². The molecule has 1 aromatic rings. The molecule has 0 amide bonds. The highest BCUT2D eigenvalue weighted by Crippen LogP contribution is 2.29. The fourth-order valence-corrected chi connectivity index (χ4v) is 5.56. The summed E-state index contributed by atoms with van der Waals surface area (Å²) in [6.07, 6.45) is 2.97. The van der Waals surface area contributed by atoms with Gasteiger partial charge in [0.15, 0.2) is 9.84 Å². The quantitative estimate of drug-likeness (QED) is 0.872. The first kappa shape index (κ1) is 17.0. The highest BCUT2D eigenvalue weighted by molar-refractivity contribution is 7.91. The zero-order valence-corrected chi connectivity index (χ0v) is 14.9. The molecule has 2 rings (SSSR count). The first-order valence-electron chi connectivity index (χ1n) is 7.73. The fraction of sp³-hybridized carbons (Fsp3) is 0.750. The van der Waals surface area contributed by atoms with Gasteiger partial charge in [-0.2, -0.15) is 0 Å². The van der Waals surface area contributed by atoms with Crippen molar-refractivity contribution in [3.05, 3.63) is 22.4 Å². The number of aryl methyl sites for hydroxylation is 1. The van der Waals surface area contributed by atoms with Gasteiger partial charge in [-0.3, -0.25) is 0 Å². The van der Waals surface area contributed by atoms with Crippen LogP contribution in [0.4, 0.5) is 0 Å². The molecule has 2 unspecified atom stereocenters. The molecular weight excluding hydrogens is 302 g/mol. The topological polar surface area (TPSA) is 46.2 Å². The average molecular weight is 330 g/mol. The highest BCUT2D eigenvalue weighted by Gasteiger charge is 2.33. The van der Waals surface area contributed by atoms with Crippen molar-refractivity contribution < 1.29 is 8.42 Å². The molecule has 1 saturated heterocycles. The summed E-state index contributed by atoms with van der Waals surface area (Å²) in [5, 5.41) is 5.67. The Labute approximate surface area is 133 Å². The number of thiophene rings is 1. The van der Waals surface area contributed by atoms with Crippen LogP contribution in [0.5, 0.6) is 0 Å². The lowest BCUT2D eigenvalue weighted by Crippen LogP contribution is -2.41. The summed E-state index contributed by atoms with van der Waals surface area (Å²) in [7, 11) is -2.79. The Morgan fingerprint density at radius 3 is 2.71 bits per heavy atom. The Balaban J connectivity index is 1.96. The summed E-state index contributed by atoms with van der Waals surface area (Å²) in [5.41, 5.74) is 0.0820. The summed E-state index contributed by atoms with van der Waals surface area (Å²) >= 11 is 1.79. The van der Waals surface area contributed by atoms with E-state index < -0.39 is 9.84 Å². The molecule has 2 atom stereocenters. The van der Waals surface area contributed by atoms with Crippen molar-refractivity contribution in [3.63, 3.8) is 0 Å². The SMILES string of the molecule is CC(C)(C)NCC(CCc1cccs1)C1CCS(=O)(=O)C1. The Bertz CT molecular complexity index is 529. The Kier molecular flexibility index (Phi) is 5.49. The maximum atomic E-state index is 11.8. The van der Waals surface area contributed by atoms with E-state index in [1.54, 1.807) is 11.3 Å². The molecule has 1 fully saturated rings. The summed E-state index contributed by atoms with van der Waals surface area (Å²) in [6, 6.07) is 4.26. The summed E-state index contributed by atoms with van der Waals surface area (Å²) < 4.78 is 23.5. The van der Waals surface area contributed by atoms with Crippen LogP contribution in [-0.4, -0.2) is 32.0 Å². The van der Waals surface area contributed by atoms with Crippen molar-refractivity contribution in [1.29, 1.82) is 0 Å². The van der Waals surface area contributed by atoms with Crippen LogP contribution in [0, 0.1) is 11.8 Å². The summed E-state index contributed by atoms with van der Waals surface area (Å²) in [4.78, 5) is 1.40. The molecule has 21 heavy (non-hydrogen) atoms. The molecule has 1 aliphatic rings. The first-order chi connectivity index (χ1) is 9.75. The number of rotatable bonds is 6. The van der Waals surface area contributed by atoms with Gasteiger partial charge in [0, 0.05) is 10.4 Å². The van der Waals surface area contributed by atoms with Crippen molar-refractivity contribution in [1.82, 2.24) is 5.32 Å². The van der Waals surface area contributed by atoms with E-state index in [0.717, 1.165) is 25.8 Å². The van der Waals surface area contributed by atoms with Gasteiger partial charge in [-0.15, -0.1) is 11.3 Å². The van der Waals surface area contributed by atoms with Gasteiger partial charge < -0.3 is 5.32 Å². The van der Waals surface area contributed by atoms with Crippen LogP contribution in [0.3, 0.4) is 0 Å². The van der Waals surface area contributed by atoms with Crippen molar-refractivity contribution in [2.45, 2.75) is 45.6 Å². The average Bonchev–Trinajstić information content (AvgIpc) is 2.97. The molecule has 0 bridgehead atoms. The van der Waals surface area contributed by atoms with E-state index >= 15 is 0 Å². The van der Waals surface area contributed by atoms with E-state index in [9.17, 15) is 8.42 Å². The van der Waals surface area contributed by atoms with Gasteiger partial charge in [0.25, 0.3) is 0 Å². The maximum Gasteiger partial charge on any atom is 0.150 e. The molecule has 0 aliphatic carbocycles. The fourth-order valence-electron chi connectivity index (χ4n) is 2.92. The lowest BCUT2D eigenvalue weighted by molar-refractivity contribution is 0.289. The predicted molar refractivity (Wildman–Crippen MR) is 90.6 cm³/mol. The molecule has 1 aliphatic heterocycles. The number of sulfone groups is 1. The van der Waals surface area contributed by atoms with Crippen LogP contribution in [0.1, 0.15) is 38.5 Å². The van der Waals surface area contributed by atoms with E-state index in [0.29, 0.717) is 23.3 Å². The van der Waals surface area contributed by atoms with Gasteiger partial charge in [0.05, 0.1) is 11.5 Å². The van der Waals surface area contributed by atoms with E-state index in [1.165, 1.54) is 4.88 Å². The van der Waals surface area contributed by atoms with Crippen molar-refractivity contribution in [3.8, 4) is 0 Å². The highest BCUT2D eigenvalue weighted by atomic mass is 32.2. The molecule has 5 heteroatoms. The molecule has 2 heterocycles. The molecule has 3 nitrogen and oxygen atoms in total. The maximum absolute atomic E-state index is 11.8. The first-order valence-corrected chi connectivity index (χ1v) is 10.4. The number of hydrogen-bond donors (Lipinski definition) is 1. The van der Waals surface area contributed by atoms with Crippen molar-refractivity contribution in [2.24, 2.45) is 11.8 Å². The van der Waals surface area contributed by atoms with Gasteiger partial charge in [0.1, 0.15) is 0 Å². The Morgan fingerprint density at radius 2 is 2.19 bits per heavy atom. The molecule has 120 valence electrons. The van der Waals surface area contributed by atoms with Gasteiger partial charge in [0.2, 0.25) is 0 Å². The Hall–Kier alpha value is -0.390. The number of nitrogens with one attached hydrogen (secondary N) is 1. The second-order valence-electron chi connectivity index (χ2n) is 7.17. The molecule has 1 N–H and O–H groups in total. The second kappa shape index (κ2) is 6.80. The third-order valence-corrected chi connectivity index (χ3v) is 6.90. The van der Waals surface area contributed by atoms with E-state index in [-0.39, 0.29) is 5.54 Å². The Morgan fingerprint density at radius 1 is 1.43 bits per heavy atom. The van der Waals surface area contributed by atoms with Gasteiger partial charge >= 0.3 is 0 Å². The molecule has 0 aromatic carbocycles. The third kappa shape index (κ3) is 5.72.